The molecule has 0 atom stereocenters. The van der Waals surface area contributed by atoms with Gasteiger partial charge in [-0.15, -0.1) is 4.91 Å². The van der Waals surface area contributed by atoms with Crippen molar-refractivity contribution in [2.75, 3.05) is 13.7 Å². The van der Waals surface area contributed by atoms with Crippen molar-refractivity contribution in [3.63, 3.8) is 0 Å². The van der Waals surface area contributed by atoms with Crippen LogP contribution in [0.5, 0.6) is 0 Å². The Kier molecular flexibility index (Phi) is 5.15. The molecule has 3 amide bonds. The molecule has 2 rings (SSSR count). The summed E-state index contributed by atoms with van der Waals surface area (Å²) in [6, 6.07) is 6.59. The van der Waals surface area contributed by atoms with Gasteiger partial charge >= 0.3 is 12.1 Å². The molecule has 1 heterocycles. The van der Waals surface area contributed by atoms with Crippen molar-refractivity contribution in [3.8, 4) is 0 Å². The highest BCUT2D eigenvalue weighted by atomic mass is 16.4. The van der Waals surface area contributed by atoms with E-state index in [1.165, 1.54) is 7.05 Å². The summed E-state index contributed by atoms with van der Waals surface area (Å²) in [6.45, 7) is 0.187. The first-order chi connectivity index (χ1) is 9.45. The molecule has 106 valence electrons. The molecule has 1 aromatic rings. The van der Waals surface area contributed by atoms with Gasteiger partial charge in [0.2, 0.25) is 0 Å². The van der Waals surface area contributed by atoms with E-state index in [0.29, 0.717) is 5.01 Å². The maximum Gasteiger partial charge on any atom is 0.412 e. The van der Waals surface area contributed by atoms with Gasteiger partial charge in [-0.1, -0.05) is 18.2 Å². The topological polar surface area (TPSA) is 129 Å². The van der Waals surface area contributed by atoms with E-state index in [9.17, 15) is 14.5 Å². The fourth-order valence-electron chi connectivity index (χ4n) is 1.26. The normalized spacial score (nSPS) is 11.8. The summed E-state index contributed by atoms with van der Waals surface area (Å²) in [5, 5.41) is 13.1. The molecule has 0 spiro atoms. The number of fused-ring (bicyclic) bond motifs is 1. The van der Waals surface area contributed by atoms with Crippen LogP contribution in [0, 0.1) is 4.91 Å². The minimum Gasteiger partial charge on any atom is -0.465 e. The third-order valence-corrected chi connectivity index (χ3v) is 2.31. The van der Waals surface area contributed by atoms with Crippen LogP contribution in [0.4, 0.5) is 9.59 Å². The Hall–Kier alpha value is -2.97. The Bertz CT molecular complexity index is 630. The molecule has 0 fully saturated rings. The Morgan fingerprint density at radius 3 is 2.60 bits per heavy atom. The number of para-hydroxylation sites is 1. The van der Waals surface area contributed by atoms with Crippen LogP contribution in [0.1, 0.15) is 0 Å². The highest BCUT2D eigenvalue weighted by molar-refractivity contribution is 5.71. The van der Waals surface area contributed by atoms with Gasteiger partial charge < -0.3 is 10.8 Å². The lowest BCUT2D eigenvalue weighted by Gasteiger charge is -2.13. The summed E-state index contributed by atoms with van der Waals surface area (Å²) >= 11 is 0. The monoisotopic (exact) mass is 279 g/mol. The molecule has 0 saturated carbocycles. The number of hydrogen-bond acceptors (Lipinski definition) is 5. The van der Waals surface area contributed by atoms with Crippen molar-refractivity contribution < 1.29 is 14.7 Å². The average Bonchev–Trinajstić information content (AvgIpc) is 2.46. The molecule has 0 radical (unpaired) electrons. The molecular formula is C11H13N5O4. The van der Waals surface area contributed by atoms with Crippen molar-refractivity contribution in [1.82, 2.24) is 9.91 Å². The number of hydrogen-bond donors (Lipinski definition) is 2. The van der Waals surface area contributed by atoms with Gasteiger partial charge in [-0.05, 0) is 6.07 Å². The van der Waals surface area contributed by atoms with Crippen LogP contribution in [0.2, 0.25) is 0 Å². The minimum atomic E-state index is -0.974. The molecule has 0 aliphatic carbocycles. The molecule has 1 aliphatic rings. The van der Waals surface area contributed by atoms with Crippen LogP contribution in [0.15, 0.2) is 34.5 Å². The predicted octanol–water partition coefficient (Wildman–Crippen LogP) is -0.326. The molecule has 1 aliphatic heterocycles. The highest BCUT2D eigenvalue weighted by Gasteiger charge is 2.09. The number of nitrogens with zero attached hydrogens (tertiary/aromatic N) is 4. The predicted molar refractivity (Wildman–Crippen MR) is 69.6 cm³/mol. The fourth-order valence-corrected chi connectivity index (χ4v) is 1.26. The maximum absolute atomic E-state index is 10.6. The number of primary amides is 1. The van der Waals surface area contributed by atoms with Crippen LogP contribution < -0.4 is 16.3 Å². The molecular weight excluding hydrogens is 266 g/mol. The number of benzene rings is 1. The molecule has 0 saturated heterocycles. The number of nitrogens with two attached hydrogens (primary N) is 1. The Labute approximate surface area is 113 Å². The van der Waals surface area contributed by atoms with Gasteiger partial charge in [0.15, 0.2) is 0 Å². The standard InChI is InChI=1S/C9H8N2O2.C2H5N3O2/c12-9(13)11-5-7-3-1-2-4-8(7)10-6-11;1-5(4-7)2(3)6/h1-5H,6H2,(H,12,13);1H3,(H2,3,6). The second-order valence-electron chi connectivity index (χ2n) is 3.68. The molecule has 0 unspecified atom stereocenters. The molecule has 0 aromatic heterocycles. The van der Waals surface area contributed by atoms with E-state index in [1.54, 1.807) is 6.20 Å². The summed E-state index contributed by atoms with van der Waals surface area (Å²) in [5.41, 5.74) is 4.54. The number of urea groups is 1. The number of nitroso groups, excluding NO2 is 1. The lowest BCUT2D eigenvalue weighted by atomic mass is 10.3. The van der Waals surface area contributed by atoms with Crippen LogP contribution in [-0.2, 0) is 0 Å². The summed E-state index contributed by atoms with van der Waals surface area (Å²) in [7, 11) is 1.18. The number of rotatable bonds is 1. The Morgan fingerprint density at radius 1 is 1.45 bits per heavy atom. The maximum atomic E-state index is 10.6. The molecule has 1 aromatic carbocycles. The summed E-state index contributed by atoms with van der Waals surface area (Å²) < 4.78 is 0. The highest BCUT2D eigenvalue weighted by Crippen LogP contribution is 1.92. The smallest absolute Gasteiger partial charge is 0.412 e. The Morgan fingerprint density at radius 2 is 2.10 bits per heavy atom. The zero-order valence-electron chi connectivity index (χ0n) is 10.6. The van der Waals surface area contributed by atoms with Crippen molar-refractivity contribution >= 4 is 18.3 Å². The van der Waals surface area contributed by atoms with E-state index in [-0.39, 0.29) is 6.67 Å². The molecule has 9 heteroatoms. The van der Waals surface area contributed by atoms with E-state index in [1.807, 2.05) is 24.3 Å². The van der Waals surface area contributed by atoms with Gasteiger partial charge in [0.05, 0.1) is 10.6 Å². The van der Waals surface area contributed by atoms with Crippen LogP contribution in [-0.4, -0.2) is 40.9 Å². The van der Waals surface area contributed by atoms with Gasteiger partial charge in [-0.2, -0.15) is 5.01 Å². The van der Waals surface area contributed by atoms with E-state index >= 15 is 0 Å². The zero-order valence-corrected chi connectivity index (χ0v) is 10.6. The van der Waals surface area contributed by atoms with Gasteiger partial charge in [0, 0.05) is 18.5 Å². The second kappa shape index (κ2) is 6.83. The number of carboxylic acid groups (broad SMARTS) is 1. The van der Waals surface area contributed by atoms with Gasteiger partial charge in [-0.3, -0.25) is 9.89 Å². The fraction of sp³-hybridized carbons (Fsp3) is 0.182. The van der Waals surface area contributed by atoms with Crippen molar-refractivity contribution in [2.45, 2.75) is 0 Å². The van der Waals surface area contributed by atoms with Crippen molar-refractivity contribution in [3.05, 3.63) is 39.7 Å². The first-order valence-corrected chi connectivity index (χ1v) is 5.43. The van der Waals surface area contributed by atoms with Crippen LogP contribution >= 0.6 is 0 Å². The number of carbonyl (C=O) groups is 2. The van der Waals surface area contributed by atoms with Gasteiger partial charge in [0.25, 0.3) is 0 Å². The van der Waals surface area contributed by atoms with E-state index in [0.717, 1.165) is 15.5 Å². The molecule has 9 nitrogen and oxygen atoms in total. The lowest BCUT2D eigenvalue weighted by Crippen LogP contribution is -2.37. The van der Waals surface area contributed by atoms with Gasteiger partial charge in [-0.25, -0.2) is 9.59 Å². The first-order valence-electron chi connectivity index (χ1n) is 5.43. The first kappa shape index (κ1) is 15.1. The SMILES string of the molecule is CN(N=O)C(N)=O.O=C(O)N1C=c2ccccc2=NC1. The summed E-state index contributed by atoms with van der Waals surface area (Å²) in [4.78, 5) is 35.0. The molecule has 0 bridgehead atoms. The Balaban J connectivity index is 0.000000246. The number of carbonyl (C=O) groups excluding carboxylic acids is 1. The van der Waals surface area contributed by atoms with Crippen molar-refractivity contribution in [1.29, 1.82) is 0 Å². The van der Waals surface area contributed by atoms with Crippen molar-refractivity contribution in [2.24, 2.45) is 16.0 Å². The van der Waals surface area contributed by atoms with E-state index in [4.69, 9.17) is 5.11 Å². The quantitative estimate of drug-likeness (QED) is 0.538. The molecule has 20 heavy (non-hydrogen) atoms. The van der Waals surface area contributed by atoms with Crippen LogP contribution in [0.25, 0.3) is 6.20 Å². The largest absolute Gasteiger partial charge is 0.465 e. The number of amides is 3. The lowest BCUT2D eigenvalue weighted by molar-refractivity contribution is 0.168. The van der Waals surface area contributed by atoms with Crippen LogP contribution in [0.3, 0.4) is 0 Å². The molecule has 3 N–H and O–H groups in total. The minimum absolute atomic E-state index is 0.187. The van der Waals surface area contributed by atoms with Gasteiger partial charge in [0.1, 0.15) is 6.67 Å². The zero-order chi connectivity index (χ0) is 15.1. The third-order valence-electron chi connectivity index (χ3n) is 2.31. The van der Waals surface area contributed by atoms with E-state index < -0.39 is 12.1 Å². The summed E-state index contributed by atoms with van der Waals surface area (Å²) in [6.07, 6.45) is 0.614. The van der Waals surface area contributed by atoms with E-state index in [2.05, 4.69) is 16.0 Å². The summed E-state index contributed by atoms with van der Waals surface area (Å²) in [5.74, 6) is 0. The second-order valence-corrected chi connectivity index (χ2v) is 3.68. The average molecular weight is 279 g/mol. The third kappa shape index (κ3) is 4.05.